The van der Waals surface area contributed by atoms with Gasteiger partial charge in [0.15, 0.2) is 20.3 Å². The molecule has 0 amide bonds. The fraction of sp³-hybridized carbons (Fsp3) is 0.500. The molecule has 3 heterocycles. The third-order valence-corrected chi connectivity index (χ3v) is 5.73. The minimum Gasteiger partial charge on any atom is -0.481 e. The number of rotatable bonds is 3. The Morgan fingerprint density at radius 3 is 3.00 bits per heavy atom. The topological polar surface area (TPSA) is 77.0 Å². The average molecular weight is 313 g/mol. The number of fused-ring (bicyclic) bond motifs is 1. The van der Waals surface area contributed by atoms with Crippen LogP contribution in [0.2, 0.25) is 0 Å². The lowest BCUT2D eigenvalue weighted by molar-refractivity contribution is 0.398. The molecule has 1 aliphatic rings. The Morgan fingerprint density at radius 1 is 1.55 bits per heavy atom. The summed E-state index contributed by atoms with van der Waals surface area (Å²) >= 11 is 5.30. The number of nitrogens with zero attached hydrogens (tertiary/aromatic N) is 2. The van der Waals surface area contributed by atoms with E-state index in [1.165, 1.54) is 0 Å². The van der Waals surface area contributed by atoms with Gasteiger partial charge in [-0.05, 0) is 30.6 Å². The molecule has 0 saturated carbocycles. The molecular formula is C12H15N3O3S2. The van der Waals surface area contributed by atoms with Crippen molar-refractivity contribution in [2.75, 3.05) is 18.6 Å². The maximum atomic E-state index is 11.5. The number of aromatic nitrogens is 3. The number of nitrogens with one attached hydrogen (secondary N) is 1. The molecule has 1 saturated heterocycles. The minimum absolute atomic E-state index is 0.0960. The Morgan fingerprint density at radius 2 is 2.35 bits per heavy atom. The van der Waals surface area contributed by atoms with Crippen molar-refractivity contribution in [3.05, 3.63) is 16.9 Å². The molecule has 0 bridgehead atoms. The standard InChI is InChI=1S/C12H15N3O3S2/c1-18-10-3-2-9-11(14-10)15(12(19)13-9)6-8-4-5-20(16,17)7-8/h2-3,8H,4-7H2,1H3,(H,13,19). The van der Waals surface area contributed by atoms with Crippen molar-refractivity contribution in [1.82, 2.24) is 14.5 Å². The van der Waals surface area contributed by atoms with Crippen LogP contribution in [-0.2, 0) is 16.4 Å². The number of hydrogen-bond donors (Lipinski definition) is 1. The van der Waals surface area contributed by atoms with Crippen LogP contribution in [0.4, 0.5) is 0 Å². The van der Waals surface area contributed by atoms with Crippen LogP contribution in [0.25, 0.3) is 11.2 Å². The zero-order valence-corrected chi connectivity index (χ0v) is 12.6. The molecule has 0 radical (unpaired) electrons. The van der Waals surface area contributed by atoms with Crippen LogP contribution < -0.4 is 4.74 Å². The number of aromatic amines is 1. The Kier molecular flexibility index (Phi) is 3.29. The molecule has 108 valence electrons. The van der Waals surface area contributed by atoms with Crippen molar-refractivity contribution in [3.8, 4) is 5.88 Å². The summed E-state index contributed by atoms with van der Waals surface area (Å²) in [6.07, 6.45) is 0.681. The summed E-state index contributed by atoms with van der Waals surface area (Å²) in [4.78, 5) is 7.47. The molecule has 0 aromatic carbocycles. The first-order valence-electron chi connectivity index (χ1n) is 6.32. The Labute approximate surface area is 121 Å². The van der Waals surface area contributed by atoms with Gasteiger partial charge < -0.3 is 14.3 Å². The van der Waals surface area contributed by atoms with Crippen LogP contribution in [0.15, 0.2) is 12.1 Å². The number of sulfone groups is 1. The molecule has 1 unspecified atom stereocenters. The fourth-order valence-electron chi connectivity index (χ4n) is 2.57. The van der Waals surface area contributed by atoms with Crippen molar-refractivity contribution < 1.29 is 13.2 Å². The first-order valence-corrected chi connectivity index (χ1v) is 8.55. The highest BCUT2D eigenvalue weighted by molar-refractivity contribution is 7.91. The summed E-state index contributed by atoms with van der Waals surface area (Å²) in [5.41, 5.74) is 1.54. The highest BCUT2D eigenvalue weighted by Crippen LogP contribution is 2.23. The second-order valence-corrected chi connectivity index (χ2v) is 7.65. The molecule has 8 heteroatoms. The van der Waals surface area contributed by atoms with E-state index in [-0.39, 0.29) is 17.4 Å². The predicted molar refractivity (Wildman–Crippen MR) is 78.2 cm³/mol. The SMILES string of the molecule is COc1ccc2[nH]c(=S)n(CC3CCS(=O)(=O)C3)c2n1. The number of H-pyrrole nitrogens is 1. The van der Waals surface area contributed by atoms with E-state index in [4.69, 9.17) is 17.0 Å². The minimum atomic E-state index is -2.88. The average Bonchev–Trinajstić information content (AvgIpc) is 2.90. The van der Waals surface area contributed by atoms with E-state index in [2.05, 4.69) is 9.97 Å². The van der Waals surface area contributed by atoms with E-state index in [9.17, 15) is 8.42 Å². The largest absolute Gasteiger partial charge is 0.481 e. The molecule has 1 fully saturated rings. The van der Waals surface area contributed by atoms with Gasteiger partial charge >= 0.3 is 0 Å². The number of hydrogen-bond acceptors (Lipinski definition) is 5. The van der Waals surface area contributed by atoms with Gasteiger partial charge in [-0.25, -0.2) is 8.42 Å². The molecule has 2 aromatic rings. The lowest BCUT2D eigenvalue weighted by atomic mass is 10.1. The highest BCUT2D eigenvalue weighted by atomic mass is 32.2. The molecular weight excluding hydrogens is 298 g/mol. The molecule has 1 atom stereocenters. The van der Waals surface area contributed by atoms with E-state index in [0.29, 0.717) is 29.3 Å². The van der Waals surface area contributed by atoms with Gasteiger partial charge in [-0.15, -0.1) is 0 Å². The van der Waals surface area contributed by atoms with Crippen molar-refractivity contribution in [1.29, 1.82) is 0 Å². The number of imidazole rings is 1. The van der Waals surface area contributed by atoms with Crippen LogP contribution >= 0.6 is 12.2 Å². The van der Waals surface area contributed by atoms with Gasteiger partial charge in [0.2, 0.25) is 5.88 Å². The molecule has 3 rings (SSSR count). The molecule has 20 heavy (non-hydrogen) atoms. The predicted octanol–water partition coefficient (Wildman–Crippen LogP) is 1.54. The summed E-state index contributed by atoms with van der Waals surface area (Å²) in [6, 6.07) is 3.62. The van der Waals surface area contributed by atoms with Crippen LogP contribution in [0, 0.1) is 10.7 Å². The van der Waals surface area contributed by atoms with Gasteiger partial charge in [0.05, 0.1) is 24.1 Å². The summed E-state index contributed by atoms with van der Waals surface area (Å²) in [5.74, 6) is 1.10. The maximum Gasteiger partial charge on any atom is 0.215 e. The van der Waals surface area contributed by atoms with Crippen molar-refractivity contribution in [2.24, 2.45) is 5.92 Å². The van der Waals surface area contributed by atoms with Crippen molar-refractivity contribution >= 4 is 33.2 Å². The highest BCUT2D eigenvalue weighted by Gasteiger charge is 2.28. The Bertz CT molecular complexity index is 807. The second kappa shape index (κ2) is 4.85. The van der Waals surface area contributed by atoms with Gasteiger partial charge in [-0.2, -0.15) is 4.98 Å². The van der Waals surface area contributed by atoms with Crippen LogP contribution in [0.3, 0.4) is 0 Å². The quantitative estimate of drug-likeness (QED) is 0.870. The molecule has 1 N–H and O–H groups in total. The third kappa shape index (κ3) is 2.45. The molecule has 0 aliphatic carbocycles. The molecule has 1 aliphatic heterocycles. The smallest absolute Gasteiger partial charge is 0.215 e. The number of methoxy groups -OCH3 is 1. The van der Waals surface area contributed by atoms with Gasteiger partial charge in [0, 0.05) is 12.6 Å². The van der Waals surface area contributed by atoms with Gasteiger partial charge in [0.1, 0.15) is 0 Å². The Hall–Kier alpha value is -1.41. The number of pyridine rings is 1. The van der Waals surface area contributed by atoms with Crippen LogP contribution in [0.1, 0.15) is 6.42 Å². The van der Waals surface area contributed by atoms with Gasteiger partial charge in [-0.1, -0.05) is 0 Å². The Balaban J connectivity index is 1.98. The zero-order chi connectivity index (χ0) is 14.3. The zero-order valence-electron chi connectivity index (χ0n) is 11.0. The molecule has 6 nitrogen and oxygen atoms in total. The lowest BCUT2D eigenvalue weighted by Gasteiger charge is -2.09. The lowest BCUT2D eigenvalue weighted by Crippen LogP contribution is -2.13. The molecule has 2 aromatic heterocycles. The van der Waals surface area contributed by atoms with Gasteiger partial charge in [-0.3, -0.25) is 0 Å². The van der Waals surface area contributed by atoms with E-state index in [0.717, 1.165) is 5.52 Å². The third-order valence-electron chi connectivity index (χ3n) is 3.57. The maximum absolute atomic E-state index is 11.5. The van der Waals surface area contributed by atoms with Crippen LogP contribution in [-0.4, -0.2) is 41.6 Å². The van der Waals surface area contributed by atoms with Crippen molar-refractivity contribution in [2.45, 2.75) is 13.0 Å². The summed E-state index contributed by atoms with van der Waals surface area (Å²) in [7, 11) is -1.32. The van der Waals surface area contributed by atoms with E-state index in [1.54, 1.807) is 13.2 Å². The monoisotopic (exact) mass is 313 g/mol. The van der Waals surface area contributed by atoms with Crippen LogP contribution in [0.5, 0.6) is 5.88 Å². The normalized spacial score (nSPS) is 21.4. The molecule has 0 spiro atoms. The number of ether oxygens (including phenoxy) is 1. The first-order chi connectivity index (χ1) is 9.48. The first kappa shape index (κ1) is 13.6. The summed E-state index contributed by atoms with van der Waals surface area (Å²) in [6.45, 7) is 0.568. The van der Waals surface area contributed by atoms with E-state index < -0.39 is 9.84 Å². The summed E-state index contributed by atoms with van der Waals surface area (Å²) < 4.78 is 30.6. The van der Waals surface area contributed by atoms with E-state index in [1.807, 2.05) is 10.6 Å². The summed E-state index contributed by atoms with van der Waals surface area (Å²) in [5, 5.41) is 0. The van der Waals surface area contributed by atoms with Crippen molar-refractivity contribution in [3.63, 3.8) is 0 Å². The second-order valence-electron chi connectivity index (χ2n) is 5.03. The van der Waals surface area contributed by atoms with E-state index >= 15 is 0 Å². The van der Waals surface area contributed by atoms with Gasteiger partial charge in [0.25, 0.3) is 0 Å². The fourth-order valence-corrected chi connectivity index (χ4v) is 4.69.